The summed E-state index contributed by atoms with van der Waals surface area (Å²) >= 11 is 1.82. The molecule has 0 amide bonds. The molecular weight excluding hydrogens is 286 g/mol. The molecule has 0 aromatic carbocycles. The molecule has 0 aliphatic carbocycles. The van der Waals surface area contributed by atoms with Gasteiger partial charge in [0.2, 0.25) is 0 Å². The molecule has 21 heavy (non-hydrogen) atoms. The van der Waals surface area contributed by atoms with Crippen LogP contribution in [0.2, 0.25) is 0 Å². The Labute approximate surface area is 131 Å². The lowest BCUT2D eigenvalue weighted by Gasteiger charge is -2.31. The van der Waals surface area contributed by atoms with Gasteiger partial charge in [-0.15, -0.1) is 11.3 Å². The zero-order chi connectivity index (χ0) is 15.1. The molecule has 1 aliphatic heterocycles. The van der Waals surface area contributed by atoms with Gasteiger partial charge in [-0.05, 0) is 19.3 Å². The molecule has 0 bridgehead atoms. The second kappa shape index (κ2) is 8.68. The van der Waals surface area contributed by atoms with E-state index < -0.39 is 0 Å². The smallest absolute Gasteiger partial charge is 0.185 e. The van der Waals surface area contributed by atoms with Crippen LogP contribution in [0.5, 0.6) is 0 Å². The zero-order valence-corrected chi connectivity index (χ0v) is 14.2. The van der Waals surface area contributed by atoms with E-state index in [0.29, 0.717) is 6.10 Å². The summed E-state index contributed by atoms with van der Waals surface area (Å²) in [5, 5.41) is 4.57. The third kappa shape index (κ3) is 4.64. The predicted molar refractivity (Wildman–Crippen MR) is 87.3 cm³/mol. The van der Waals surface area contributed by atoms with Crippen molar-refractivity contribution in [3.8, 4) is 0 Å². The van der Waals surface area contributed by atoms with E-state index in [-0.39, 0.29) is 0 Å². The Bertz CT molecular complexity index is 425. The first-order valence-corrected chi connectivity index (χ1v) is 8.56. The molecule has 0 spiro atoms. The van der Waals surface area contributed by atoms with Crippen LogP contribution in [0, 0.1) is 0 Å². The molecule has 1 aliphatic rings. The van der Waals surface area contributed by atoms with Crippen LogP contribution in [0.25, 0.3) is 0 Å². The third-order valence-electron chi connectivity index (χ3n) is 3.85. The highest BCUT2D eigenvalue weighted by Gasteiger charge is 2.23. The lowest BCUT2D eigenvalue weighted by Crippen LogP contribution is -2.39. The van der Waals surface area contributed by atoms with Gasteiger partial charge in [-0.3, -0.25) is 0 Å². The van der Waals surface area contributed by atoms with Crippen LogP contribution < -0.4 is 10.2 Å². The highest BCUT2D eigenvalue weighted by molar-refractivity contribution is 7.15. The molecule has 0 radical (unpaired) electrons. The Hall–Kier alpha value is -0.690. The van der Waals surface area contributed by atoms with Crippen molar-refractivity contribution >= 4 is 16.5 Å². The van der Waals surface area contributed by atoms with Gasteiger partial charge in [0.1, 0.15) is 0 Å². The molecule has 1 unspecified atom stereocenters. The Kier molecular flexibility index (Phi) is 6.89. The number of hydrogen-bond donors (Lipinski definition) is 1. The summed E-state index contributed by atoms with van der Waals surface area (Å²) in [4.78, 5) is 8.56. The standard InChI is InChI=1S/C15H27N3O2S/c1-4-13-14(10-16-7-9-19-2)21-15(17-13)18-8-5-6-12(11-18)20-3/h12,16H,4-11H2,1-3H3. The number of hydrogen-bond acceptors (Lipinski definition) is 6. The van der Waals surface area contributed by atoms with Crippen molar-refractivity contribution in [3.63, 3.8) is 0 Å². The van der Waals surface area contributed by atoms with Crippen molar-refractivity contribution < 1.29 is 9.47 Å². The highest BCUT2D eigenvalue weighted by Crippen LogP contribution is 2.29. The second-order valence-electron chi connectivity index (χ2n) is 5.34. The van der Waals surface area contributed by atoms with E-state index in [4.69, 9.17) is 14.5 Å². The van der Waals surface area contributed by atoms with E-state index in [1.807, 2.05) is 11.3 Å². The van der Waals surface area contributed by atoms with Gasteiger partial charge in [-0.25, -0.2) is 4.98 Å². The summed E-state index contributed by atoms with van der Waals surface area (Å²) in [6, 6.07) is 0. The van der Waals surface area contributed by atoms with Gasteiger partial charge in [0.25, 0.3) is 0 Å². The van der Waals surface area contributed by atoms with Crippen molar-refractivity contribution in [2.45, 2.75) is 38.8 Å². The third-order valence-corrected chi connectivity index (χ3v) is 5.01. The summed E-state index contributed by atoms with van der Waals surface area (Å²) in [6.45, 7) is 6.73. The van der Waals surface area contributed by atoms with Crippen molar-refractivity contribution in [1.29, 1.82) is 0 Å². The highest BCUT2D eigenvalue weighted by atomic mass is 32.1. The molecule has 1 saturated heterocycles. The summed E-state index contributed by atoms with van der Waals surface area (Å²) in [6.07, 6.45) is 3.67. The van der Waals surface area contributed by atoms with E-state index in [0.717, 1.165) is 50.8 Å². The molecule has 120 valence electrons. The van der Waals surface area contributed by atoms with E-state index in [1.165, 1.54) is 17.0 Å². The molecular formula is C15H27N3O2S. The van der Waals surface area contributed by atoms with E-state index in [2.05, 4.69) is 17.1 Å². The average Bonchev–Trinajstić information content (AvgIpc) is 2.95. The zero-order valence-electron chi connectivity index (χ0n) is 13.4. The topological polar surface area (TPSA) is 46.6 Å². The summed E-state index contributed by atoms with van der Waals surface area (Å²) in [7, 11) is 3.53. The number of ether oxygens (including phenoxy) is 2. The summed E-state index contributed by atoms with van der Waals surface area (Å²) < 4.78 is 10.6. The Balaban J connectivity index is 1.98. The lowest BCUT2D eigenvalue weighted by molar-refractivity contribution is 0.0893. The Morgan fingerprint density at radius 1 is 1.43 bits per heavy atom. The van der Waals surface area contributed by atoms with Gasteiger partial charge in [0.15, 0.2) is 5.13 Å². The van der Waals surface area contributed by atoms with Crippen molar-refractivity contribution in [2.24, 2.45) is 0 Å². The van der Waals surface area contributed by atoms with Gasteiger partial charge in [0, 0.05) is 45.3 Å². The van der Waals surface area contributed by atoms with Gasteiger partial charge in [0.05, 0.1) is 18.4 Å². The van der Waals surface area contributed by atoms with Crippen LogP contribution >= 0.6 is 11.3 Å². The van der Waals surface area contributed by atoms with Gasteiger partial charge >= 0.3 is 0 Å². The maximum absolute atomic E-state index is 5.51. The van der Waals surface area contributed by atoms with Gasteiger partial charge < -0.3 is 19.7 Å². The second-order valence-corrected chi connectivity index (χ2v) is 6.40. The maximum Gasteiger partial charge on any atom is 0.185 e. The molecule has 2 heterocycles. The number of anilines is 1. The average molecular weight is 313 g/mol. The Morgan fingerprint density at radius 3 is 3.00 bits per heavy atom. The number of thiazole rings is 1. The fourth-order valence-corrected chi connectivity index (χ4v) is 3.75. The SMILES string of the molecule is CCc1nc(N2CCCC(OC)C2)sc1CNCCOC. The van der Waals surface area contributed by atoms with E-state index >= 15 is 0 Å². The molecule has 1 aromatic rings. The van der Waals surface area contributed by atoms with Crippen molar-refractivity contribution in [1.82, 2.24) is 10.3 Å². The number of nitrogens with one attached hydrogen (secondary N) is 1. The monoisotopic (exact) mass is 313 g/mol. The molecule has 5 nitrogen and oxygen atoms in total. The Morgan fingerprint density at radius 2 is 2.29 bits per heavy atom. The largest absolute Gasteiger partial charge is 0.383 e. The molecule has 1 fully saturated rings. The van der Waals surface area contributed by atoms with Gasteiger partial charge in [-0.1, -0.05) is 6.92 Å². The van der Waals surface area contributed by atoms with Crippen LogP contribution in [-0.4, -0.2) is 51.5 Å². The summed E-state index contributed by atoms with van der Waals surface area (Å²) in [5.41, 5.74) is 1.22. The van der Waals surface area contributed by atoms with Crippen LogP contribution in [0.4, 0.5) is 5.13 Å². The van der Waals surface area contributed by atoms with Gasteiger partial charge in [-0.2, -0.15) is 0 Å². The minimum absolute atomic E-state index is 0.344. The van der Waals surface area contributed by atoms with E-state index in [9.17, 15) is 0 Å². The first kappa shape index (κ1) is 16.7. The first-order chi connectivity index (χ1) is 10.3. The van der Waals surface area contributed by atoms with Crippen LogP contribution in [0.1, 0.15) is 30.3 Å². The minimum Gasteiger partial charge on any atom is -0.383 e. The lowest BCUT2D eigenvalue weighted by atomic mass is 10.1. The number of aryl methyl sites for hydroxylation is 1. The minimum atomic E-state index is 0.344. The molecule has 1 atom stereocenters. The van der Waals surface area contributed by atoms with Crippen LogP contribution in [0.3, 0.4) is 0 Å². The maximum atomic E-state index is 5.51. The normalized spacial score (nSPS) is 19.2. The fraction of sp³-hybridized carbons (Fsp3) is 0.800. The van der Waals surface area contributed by atoms with Crippen LogP contribution in [0.15, 0.2) is 0 Å². The molecule has 1 N–H and O–H groups in total. The number of aromatic nitrogens is 1. The summed E-state index contributed by atoms with van der Waals surface area (Å²) in [5.74, 6) is 0. The number of methoxy groups -OCH3 is 2. The van der Waals surface area contributed by atoms with E-state index in [1.54, 1.807) is 14.2 Å². The van der Waals surface area contributed by atoms with Crippen molar-refractivity contribution in [3.05, 3.63) is 10.6 Å². The van der Waals surface area contributed by atoms with Crippen molar-refractivity contribution in [2.75, 3.05) is 45.4 Å². The molecule has 2 rings (SSSR count). The predicted octanol–water partition coefficient (Wildman–Crippen LogP) is 2.06. The first-order valence-electron chi connectivity index (χ1n) is 7.74. The number of piperidine rings is 1. The number of rotatable bonds is 8. The quantitative estimate of drug-likeness (QED) is 0.744. The molecule has 1 aromatic heterocycles. The fourth-order valence-electron chi connectivity index (χ4n) is 2.60. The number of nitrogens with zero attached hydrogens (tertiary/aromatic N) is 2. The molecule has 6 heteroatoms. The van der Waals surface area contributed by atoms with Crippen LogP contribution in [-0.2, 0) is 22.4 Å². The molecule has 0 saturated carbocycles.